The molecule has 0 atom stereocenters. The first kappa shape index (κ1) is 21.2. The van der Waals surface area contributed by atoms with Crippen LogP contribution >= 0.6 is 13.9 Å². The Bertz CT molecular complexity index is 1030. The van der Waals surface area contributed by atoms with Crippen molar-refractivity contribution in [1.82, 2.24) is 0 Å². The van der Waals surface area contributed by atoms with Crippen molar-refractivity contribution in [1.29, 1.82) is 0 Å². The van der Waals surface area contributed by atoms with Gasteiger partial charge in [-0.1, -0.05) is 0 Å². The van der Waals surface area contributed by atoms with Crippen LogP contribution in [0.25, 0.3) is 0 Å². The van der Waals surface area contributed by atoms with Crippen LogP contribution in [0.5, 0.6) is 0 Å². The van der Waals surface area contributed by atoms with Crippen molar-refractivity contribution in [3.05, 3.63) is 119 Å². The number of benzene rings is 4. The molecule has 0 aliphatic heterocycles. The van der Waals surface area contributed by atoms with Crippen molar-refractivity contribution in [2.24, 2.45) is 0 Å². The van der Waals surface area contributed by atoms with Crippen LogP contribution in [0.4, 0.5) is 0 Å². The van der Waals surface area contributed by atoms with Crippen LogP contribution in [0.2, 0.25) is 0 Å². The van der Waals surface area contributed by atoms with Gasteiger partial charge in [-0.05, 0) is 0 Å². The molecule has 2 heteroatoms. The predicted octanol–water partition coefficient (Wildman–Crippen LogP) is 5.14. The fourth-order valence-corrected chi connectivity index (χ4v) is 25.7. The van der Waals surface area contributed by atoms with Crippen molar-refractivity contribution < 1.29 is 0 Å². The van der Waals surface area contributed by atoms with Crippen LogP contribution in [0, 0.1) is 27.7 Å². The summed E-state index contributed by atoms with van der Waals surface area (Å²) in [7, 11) is -3.98. The normalized spacial score (nSPS) is 12.9. The second-order valence-electron chi connectivity index (χ2n) is 8.15. The van der Waals surface area contributed by atoms with E-state index in [4.69, 9.17) is 13.9 Å². The Balaban J connectivity index is 2.37. The number of halogens is 1. The molecule has 0 saturated heterocycles. The van der Waals surface area contributed by atoms with Crippen LogP contribution < -0.4 is 17.4 Å². The van der Waals surface area contributed by atoms with Crippen molar-refractivity contribution in [2.45, 2.75) is 27.7 Å². The summed E-state index contributed by atoms with van der Waals surface area (Å²) < 4.78 is 5.70. The summed E-state index contributed by atoms with van der Waals surface area (Å²) in [6.07, 6.45) is 0. The monoisotopic (exact) mass is 518 g/mol. The Morgan fingerprint density at radius 3 is 0.800 bits per heavy atom. The number of hydrogen-bond donors (Lipinski definition) is 0. The number of rotatable bonds is 4. The summed E-state index contributed by atoms with van der Waals surface area (Å²) >= 11 is 4.71. The Morgan fingerprint density at radius 2 is 0.600 bits per heavy atom. The van der Waals surface area contributed by atoms with Gasteiger partial charge in [0.1, 0.15) is 0 Å². The molecular weight excluding hydrogens is 491 g/mol. The molecule has 0 fully saturated rings. The van der Waals surface area contributed by atoms with E-state index in [1.807, 2.05) is 0 Å². The zero-order valence-corrected chi connectivity index (χ0v) is 21.5. The SMILES string of the molecule is Cc1ccccc1[As](Br)(c1ccccc1C)(c1ccccc1C)c1ccccc1C. The van der Waals surface area contributed by atoms with Crippen molar-refractivity contribution >= 4 is 41.9 Å². The fourth-order valence-electron chi connectivity index (χ4n) is 4.92. The van der Waals surface area contributed by atoms with E-state index < -0.39 is 10.6 Å². The molecule has 0 saturated carbocycles. The third-order valence-corrected chi connectivity index (χ3v) is 26.0. The molecule has 0 N–H and O–H groups in total. The van der Waals surface area contributed by atoms with Gasteiger partial charge >= 0.3 is 189 Å². The minimum atomic E-state index is -3.98. The van der Waals surface area contributed by atoms with Crippen molar-refractivity contribution in [3.63, 3.8) is 0 Å². The maximum atomic E-state index is 4.71. The molecule has 4 aromatic rings. The average molecular weight is 519 g/mol. The van der Waals surface area contributed by atoms with Gasteiger partial charge in [0.15, 0.2) is 0 Å². The van der Waals surface area contributed by atoms with E-state index in [1.54, 1.807) is 0 Å². The third-order valence-electron chi connectivity index (χ3n) is 6.27. The van der Waals surface area contributed by atoms with Crippen LogP contribution in [-0.2, 0) is 0 Å². The van der Waals surface area contributed by atoms with Gasteiger partial charge in [-0.2, -0.15) is 0 Å². The summed E-state index contributed by atoms with van der Waals surface area (Å²) in [6.45, 7) is 9.02. The Hall–Kier alpha value is -2.08. The van der Waals surface area contributed by atoms with Gasteiger partial charge in [-0.15, -0.1) is 0 Å². The number of hydrogen-bond acceptors (Lipinski definition) is 0. The Labute approximate surface area is 188 Å². The summed E-state index contributed by atoms with van der Waals surface area (Å²) in [5.41, 5.74) is 5.32. The van der Waals surface area contributed by atoms with Crippen LogP contribution in [0.1, 0.15) is 22.3 Å². The average Bonchev–Trinajstić information content (AvgIpc) is 2.75. The molecule has 0 aromatic heterocycles. The van der Waals surface area contributed by atoms with Crippen LogP contribution in [-0.4, -0.2) is 10.6 Å². The predicted molar refractivity (Wildman–Crippen MR) is 138 cm³/mol. The molecule has 0 unspecified atom stereocenters. The van der Waals surface area contributed by atoms with Gasteiger partial charge in [0.05, 0.1) is 0 Å². The fraction of sp³-hybridized carbons (Fsp3) is 0.143. The van der Waals surface area contributed by atoms with Gasteiger partial charge in [-0.3, -0.25) is 0 Å². The molecule has 0 amide bonds. The van der Waals surface area contributed by atoms with E-state index >= 15 is 0 Å². The van der Waals surface area contributed by atoms with Gasteiger partial charge in [0.2, 0.25) is 0 Å². The molecular formula is C28H28AsBr. The first-order valence-electron chi connectivity index (χ1n) is 10.4. The van der Waals surface area contributed by atoms with Gasteiger partial charge in [0, 0.05) is 0 Å². The van der Waals surface area contributed by atoms with Crippen LogP contribution in [0.15, 0.2) is 97.1 Å². The molecule has 0 heterocycles. The van der Waals surface area contributed by atoms with E-state index in [0.717, 1.165) is 0 Å². The maximum absolute atomic E-state index is 4.71. The molecule has 0 radical (unpaired) electrons. The van der Waals surface area contributed by atoms with Gasteiger partial charge in [0.25, 0.3) is 0 Å². The van der Waals surface area contributed by atoms with Gasteiger partial charge in [-0.25, -0.2) is 0 Å². The molecule has 4 aromatic carbocycles. The zero-order valence-electron chi connectivity index (χ0n) is 18.1. The molecule has 30 heavy (non-hydrogen) atoms. The van der Waals surface area contributed by atoms with Crippen LogP contribution in [0.3, 0.4) is 0 Å². The molecule has 152 valence electrons. The standard InChI is InChI=1S/C28H28AsBr/c1-21-13-5-9-17-25(21)29(30,26-18-10-6-14-22(26)2,27-19-11-7-15-23(27)3)28-20-12-8-16-24(28)4/h5-20H,1-4H3. The molecule has 0 aliphatic rings. The van der Waals surface area contributed by atoms with Crippen molar-refractivity contribution in [2.75, 3.05) is 0 Å². The molecule has 4 rings (SSSR count). The summed E-state index contributed by atoms with van der Waals surface area (Å²) in [6, 6.07) is 35.8. The van der Waals surface area contributed by atoms with Gasteiger partial charge < -0.3 is 0 Å². The van der Waals surface area contributed by atoms with E-state index in [2.05, 4.69) is 125 Å². The third kappa shape index (κ3) is 2.95. The first-order chi connectivity index (χ1) is 14.4. The first-order valence-corrected chi connectivity index (χ1v) is 18.5. The second-order valence-corrected chi connectivity index (χ2v) is 23.8. The van der Waals surface area contributed by atoms with E-state index in [0.29, 0.717) is 0 Å². The zero-order chi connectivity index (χ0) is 21.4. The van der Waals surface area contributed by atoms with E-state index in [9.17, 15) is 0 Å². The molecule has 0 nitrogen and oxygen atoms in total. The quantitative estimate of drug-likeness (QED) is 0.328. The molecule has 0 bridgehead atoms. The van der Waals surface area contributed by atoms with E-state index in [-0.39, 0.29) is 0 Å². The Kier molecular flexibility index (Phi) is 5.56. The summed E-state index contributed by atoms with van der Waals surface area (Å²) in [5, 5.41) is 0. The minimum absolute atomic E-state index is 1.33. The topological polar surface area (TPSA) is 0 Å². The molecule has 0 aliphatic carbocycles. The second kappa shape index (κ2) is 7.88. The Morgan fingerprint density at radius 1 is 0.400 bits per heavy atom. The summed E-state index contributed by atoms with van der Waals surface area (Å²) in [5.74, 6) is 0. The summed E-state index contributed by atoms with van der Waals surface area (Å²) in [4.78, 5) is 0. The molecule has 0 spiro atoms. The number of aryl methyl sites for hydroxylation is 4. The van der Waals surface area contributed by atoms with Crippen molar-refractivity contribution in [3.8, 4) is 0 Å². The van der Waals surface area contributed by atoms with E-state index in [1.165, 1.54) is 39.7 Å².